The van der Waals surface area contributed by atoms with E-state index in [1.165, 1.54) is 0 Å². The second-order valence-electron chi connectivity index (χ2n) is 3.87. The number of ether oxygens (including phenoxy) is 1. The van der Waals surface area contributed by atoms with Gasteiger partial charge in [-0.15, -0.1) is 0 Å². The van der Waals surface area contributed by atoms with Crippen LogP contribution in [0.25, 0.3) is 0 Å². The number of benzene rings is 1. The van der Waals surface area contributed by atoms with E-state index in [1.54, 1.807) is 43.5 Å². The van der Waals surface area contributed by atoms with E-state index in [4.69, 9.17) is 4.74 Å². The van der Waals surface area contributed by atoms with Gasteiger partial charge in [-0.1, -0.05) is 0 Å². The molecule has 0 unspecified atom stereocenters. The third kappa shape index (κ3) is 2.85. The summed E-state index contributed by atoms with van der Waals surface area (Å²) in [5, 5.41) is 0.647. The quantitative estimate of drug-likeness (QED) is 0.805. The van der Waals surface area contributed by atoms with Gasteiger partial charge >= 0.3 is 0 Å². The Kier molecular flexibility index (Phi) is 3.57. The minimum atomic E-state index is -0.258. The number of pyridine rings is 1. The molecule has 2 aromatic rings. The van der Waals surface area contributed by atoms with Crippen molar-refractivity contribution in [3.05, 3.63) is 59.7 Å². The first-order valence-corrected chi connectivity index (χ1v) is 5.54. The van der Waals surface area contributed by atoms with Crippen LogP contribution in [0, 0.1) is 0 Å². The van der Waals surface area contributed by atoms with Crippen molar-refractivity contribution >= 4 is 5.91 Å². The topological polar surface area (TPSA) is 43.6 Å². The van der Waals surface area contributed by atoms with Crippen molar-refractivity contribution in [3.63, 3.8) is 0 Å². The monoisotopic (exact) mass is 242 g/mol. The molecular weight excluding hydrogens is 228 g/mol. The number of methoxy groups -OCH3 is 1. The molecule has 92 valence electrons. The molecule has 4 nitrogen and oxygen atoms in total. The van der Waals surface area contributed by atoms with E-state index in [9.17, 15) is 4.79 Å². The highest BCUT2D eigenvalue weighted by molar-refractivity contribution is 5.95. The Bertz CT molecular complexity index is 592. The number of rotatable bonds is 2. The molecule has 0 N–H and O–H groups in total. The van der Waals surface area contributed by atoms with Crippen LogP contribution in [0.15, 0.2) is 53.8 Å². The van der Waals surface area contributed by atoms with Crippen LogP contribution < -0.4 is 10.1 Å². The highest BCUT2D eigenvalue weighted by atomic mass is 16.5. The van der Waals surface area contributed by atoms with Crippen LogP contribution in [0.1, 0.15) is 10.4 Å². The van der Waals surface area contributed by atoms with Crippen LogP contribution in [-0.2, 0) is 7.05 Å². The van der Waals surface area contributed by atoms with Gasteiger partial charge in [-0.25, -0.2) is 4.99 Å². The molecule has 18 heavy (non-hydrogen) atoms. The number of nitrogens with zero attached hydrogens (tertiary/aromatic N) is 2. The molecule has 0 saturated heterocycles. The first-order chi connectivity index (χ1) is 8.69. The zero-order chi connectivity index (χ0) is 13.0. The summed E-state index contributed by atoms with van der Waals surface area (Å²) >= 11 is 0. The smallest absolute Gasteiger partial charge is 0.277 e. The highest BCUT2D eigenvalue weighted by Gasteiger charge is 2.02. The molecule has 1 amide bonds. The highest BCUT2D eigenvalue weighted by Crippen LogP contribution is 2.11. The van der Waals surface area contributed by atoms with Crippen LogP contribution in [0.3, 0.4) is 0 Å². The van der Waals surface area contributed by atoms with Gasteiger partial charge in [-0.3, -0.25) is 4.79 Å². The summed E-state index contributed by atoms with van der Waals surface area (Å²) in [6, 6.07) is 10.5. The Morgan fingerprint density at radius 1 is 1.11 bits per heavy atom. The van der Waals surface area contributed by atoms with E-state index in [1.807, 2.05) is 24.0 Å². The van der Waals surface area contributed by atoms with Crippen molar-refractivity contribution in [1.29, 1.82) is 0 Å². The number of aromatic nitrogens is 1. The second-order valence-corrected chi connectivity index (χ2v) is 3.87. The van der Waals surface area contributed by atoms with E-state index < -0.39 is 0 Å². The Morgan fingerprint density at radius 3 is 2.28 bits per heavy atom. The van der Waals surface area contributed by atoms with E-state index in [-0.39, 0.29) is 5.91 Å². The first kappa shape index (κ1) is 12.1. The Hall–Kier alpha value is -2.36. The standard InChI is InChI=1S/C14H14N2O2/c1-16-9-7-12(8-10-16)15-14(17)11-3-5-13(18-2)6-4-11/h3-10H,1-2H3. The lowest BCUT2D eigenvalue weighted by molar-refractivity contribution is 0.0998. The van der Waals surface area contributed by atoms with Crippen LogP contribution in [-0.4, -0.2) is 17.6 Å². The maximum Gasteiger partial charge on any atom is 0.277 e. The van der Waals surface area contributed by atoms with Gasteiger partial charge in [0.1, 0.15) is 5.75 Å². The number of hydrogen-bond acceptors (Lipinski definition) is 2. The average Bonchev–Trinajstić information content (AvgIpc) is 2.41. The lowest BCUT2D eigenvalue weighted by Crippen LogP contribution is -2.07. The third-order valence-corrected chi connectivity index (χ3v) is 2.53. The molecule has 0 fully saturated rings. The normalized spacial score (nSPS) is 9.89. The predicted octanol–water partition coefficient (Wildman–Crippen LogP) is 1.77. The molecule has 0 saturated carbocycles. The molecule has 0 aliphatic rings. The van der Waals surface area contributed by atoms with Crippen molar-refractivity contribution in [2.45, 2.75) is 0 Å². The number of amides is 1. The second kappa shape index (κ2) is 5.31. The summed E-state index contributed by atoms with van der Waals surface area (Å²) in [5.74, 6) is 0.463. The molecule has 0 bridgehead atoms. The fourth-order valence-corrected chi connectivity index (χ4v) is 1.48. The summed E-state index contributed by atoms with van der Waals surface area (Å²) in [6.07, 6.45) is 3.69. The van der Waals surface area contributed by atoms with Gasteiger partial charge in [-0.2, -0.15) is 0 Å². The van der Waals surface area contributed by atoms with Crippen molar-refractivity contribution in [1.82, 2.24) is 4.57 Å². The summed E-state index contributed by atoms with van der Waals surface area (Å²) in [7, 11) is 3.50. The number of carbonyl (C=O) groups is 1. The molecule has 1 heterocycles. The van der Waals surface area contributed by atoms with Crippen LogP contribution in [0.5, 0.6) is 5.75 Å². The fraction of sp³-hybridized carbons (Fsp3) is 0.143. The van der Waals surface area contributed by atoms with Gasteiger partial charge in [-0.05, 0) is 36.4 Å². The van der Waals surface area contributed by atoms with Crippen LogP contribution in [0.2, 0.25) is 0 Å². The molecule has 2 rings (SSSR count). The zero-order valence-electron chi connectivity index (χ0n) is 10.3. The van der Waals surface area contributed by atoms with Gasteiger partial charge in [0.25, 0.3) is 5.91 Å². The summed E-state index contributed by atoms with van der Waals surface area (Å²) in [5.41, 5.74) is 0.545. The Labute approximate surface area is 105 Å². The van der Waals surface area contributed by atoms with Crippen molar-refractivity contribution in [2.75, 3.05) is 7.11 Å². The molecule has 1 aromatic heterocycles. The van der Waals surface area contributed by atoms with Gasteiger partial charge in [0.15, 0.2) is 0 Å². The van der Waals surface area contributed by atoms with Gasteiger partial charge < -0.3 is 9.30 Å². The lowest BCUT2D eigenvalue weighted by atomic mass is 10.2. The van der Waals surface area contributed by atoms with E-state index in [2.05, 4.69) is 4.99 Å². The van der Waals surface area contributed by atoms with Gasteiger partial charge in [0.05, 0.1) is 12.5 Å². The molecule has 0 aliphatic heterocycles. The average molecular weight is 242 g/mol. The summed E-state index contributed by atoms with van der Waals surface area (Å²) in [6.45, 7) is 0. The number of carbonyl (C=O) groups excluding carboxylic acids is 1. The van der Waals surface area contributed by atoms with E-state index in [0.29, 0.717) is 10.9 Å². The molecular formula is C14H14N2O2. The lowest BCUT2D eigenvalue weighted by Gasteiger charge is -2.00. The SMILES string of the molecule is COc1ccc(C(=O)N=c2ccn(C)cc2)cc1. The Morgan fingerprint density at radius 2 is 1.72 bits per heavy atom. The Balaban J connectivity index is 2.26. The minimum absolute atomic E-state index is 0.258. The molecule has 1 aromatic carbocycles. The maximum atomic E-state index is 11.9. The maximum absolute atomic E-state index is 11.9. The minimum Gasteiger partial charge on any atom is -0.497 e. The molecule has 0 spiro atoms. The van der Waals surface area contributed by atoms with Crippen LogP contribution >= 0.6 is 0 Å². The van der Waals surface area contributed by atoms with Crippen molar-refractivity contribution in [2.24, 2.45) is 12.0 Å². The van der Waals surface area contributed by atoms with Crippen molar-refractivity contribution < 1.29 is 9.53 Å². The summed E-state index contributed by atoms with van der Waals surface area (Å²) in [4.78, 5) is 15.9. The van der Waals surface area contributed by atoms with Crippen LogP contribution in [0.4, 0.5) is 0 Å². The number of aryl methyl sites for hydroxylation is 1. The van der Waals surface area contributed by atoms with E-state index >= 15 is 0 Å². The molecule has 0 aliphatic carbocycles. The molecule has 4 heteroatoms. The summed E-state index contributed by atoms with van der Waals surface area (Å²) < 4.78 is 6.92. The van der Waals surface area contributed by atoms with Gasteiger partial charge in [0, 0.05) is 25.0 Å². The van der Waals surface area contributed by atoms with E-state index in [0.717, 1.165) is 5.75 Å². The van der Waals surface area contributed by atoms with Gasteiger partial charge in [0.2, 0.25) is 0 Å². The third-order valence-electron chi connectivity index (χ3n) is 2.53. The largest absolute Gasteiger partial charge is 0.497 e. The number of hydrogen-bond donors (Lipinski definition) is 0. The fourth-order valence-electron chi connectivity index (χ4n) is 1.48. The first-order valence-electron chi connectivity index (χ1n) is 5.54. The molecule has 0 radical (unpaired) electrons. The molecule has 0 atom stereocenters. The zero-order valence-corrected chi connectivity index (χ0v) is 10.3. The predicted molar refractivity (Wildman–Crippen MR) is 68.3 cm³/mol. The van der Waals surface area contributed by atoms with Crippen molar-refractivity contribution in [3.8, 4) is 5.75 Å².